The van der Waals surface area contributed by atoms with E-state index in [2.05, 4.69) is 31.4 Å². The fourth-order valence-corrected chi connectivity index (χ4v) is 2.21. The Bertz CT molecular complexity index is 753. The Morgan fingerprint density at radius 2 is 1.78 bits per heavy atom. The molecular weight excluding hydrogens is 472 g/mol. The number of hydrogen-bond donors (Lipinski definition) is 2. The Hall–Kier alpha value is -2.04. The molecule has 0 fully saturated rings. The van der Waals surface area contributed by atoms with Crippen molar-refractivity contribution in [2.24, 2.45) is 4.99 Å². The van der Waals surface area contributed by atoms with Crippen molar-refractivity contribution in [1.29, 1.82) is 0 Å². The first-order chi connectivity index (χ1) is 12.4. The van der Waals surface area contributed by atoms with Crippen molar-refractivity contribution in [2.75, 3.05) is 13.7 Å². The van der Waals surface area contributed by atoms with Gasteiger partial charge >= 0.3 is 6.18 Å². The predicted octanol–water partition coefficient (Wildman–Crippen LogP) is 3.81. The number of guanidine groups is 1. The number of nitrogens with one attached hydrogen (secondary N) is 2. The van der Waals surface area contributed by atoms with Crippen LogP contribution in [0, 0.1) is 6.92 Å². The summed E-state index contributed by atoms with van der Waals surface area (Å²) in [5.74, 6) is 0.519. The normalized spacial score (nSPS) is 11.5. The summed E-state index contributed by atoms with van der Waals surface area (Å²) in [6, 6.07) is 11.3. The van der Waals surface area contributed by atoms with Crippen LogP contribution >= 0.6 is 24.0 Å². The van der Waals surface area contributed by atoms with Crippen LogP contribution in [0.3, 0.4) is 0 Å². The molecule has 5 nitrogen and oxygen atoms in total. The molecule has 27 heavy (non-hydrogen) atoms. The van der Waals surface area contributed by atoms with Crippen LogP contribution in [0.2, 0.25) is 0 Å². The molecule has 0 unspecified atom stereocenters. The molecule has 0 radical (unpaired) electrons. The maximum Gasteiger partial charge on any atom is 0.422 e. The molecule has 0 aliphatic rings. The van der Waals surface area contributed by atoms with E-state index < -0.39 is 12.8 Å². The van der Waals surface area contributed by atoms with Gasteiger partial charge in [-0.25, -0.2) is 4.98 Å². The van der Waals surface area contributed by atoms with E-state index in [1.165, 1.54) is 17.8 Å². The minimum atomic E-state index is -4.39. The molecule has 0 aliphatic carbocycles. The summed E-state index contributed by atoms with van der Waals surface area (Å²) < 4.78 is 41.3. The third-order valence-electron chi connectivity index (χ3n) is 3.41. The Morgan fingerprint density at radius 1 is 1.11 bits per heavy atom. The summed E-state index contributed by atoms with van der Waals surface area (Å²) in [5.41, 5.74) is 3.03. The molecule has 0 amide bonds. The molecule has 2 aromatic rings. The first-order valence-electron chi connectivity index (χ1n) is 8.00. The van der Waals surface area contributed by atoms with Crippen molar-refractivity contribution in [1.82, 2.24) is 15.6 Å². The summed E-state index contributed by atoms with van der Waals surface area (Å²) >= 11 is 0. The van der Waals surface area contributed by atoms with Gasteiger partial charge in [0.05, 0.1) is 0 Å². The minimum Gasteiger partial charge on any atom is -0.468 e. The van der Waals surface area contributed by atoms with Crippen LogP contribution in [0.15, 0.2) is 47.6 Å². The number of rotatable bonds is 6. The van der Waals surface area contributed by atoms with E-state index in [0.29, 0.717) is 19.0 Å². The molecule has 0 saturated heterocycles. The zero-order valence-corrected chi connectivity index (χ0v) is 17.3. The van der Waals surface area contributed by atoms with Gasteiger partial charge in [-0.1, -0.05) is 29.8 Å². The third-order valence-corrected chi connectivity index (χ3v) is 3.41. The molecule has 1 aromatic heterocycles. The van der Waals surface area contributed by atoms with Gasteiger partial charge in [0, 0.05) is 32.4 Å². The molecule has 0 spiro atoms. The van der Waals surface area contributed by atoms with E-state index >= 15 is 0 Å². The number of halogens is 4. The highest BCUT2D eigenvalue weighted by Gasteiger charge is 2.28. The average Bonchev–Trinajstić information content (AvgIpc) is 2.60. The van der Waals surface area contributed by atoms with E-state index in [1.807, 2.05) is 25.1 Å². The SMILES string of the molecule is CN=C(NCc1cccc(C)c1)NCc1ccnc(OCC(F)(F)F)c1.I. The van der Waals surface area contributed by atoms with Crippen LogP contribution in [0.25, 0.3) is 0 Å². The van der Waals surface area contributed by atoms with E-state index in [0.717, 1.165) is 11.1 Å². The summed E-state index contributed by atoms with van der Waals surface area (Å²) in [5, 5.41) is 6.29. The van der Waals surface area contributed by atoms with Gasteiger partial charge in [0.25, 0.3) is 0 Å². The topological polar surface area (TPSA) is 58.5 Å². The van der Waals surface area contributed by atoms with Crippen molar-refractivity contribution in [3.05, 3.63) is 59.3 Å². The van der Waals surface area contributed by atoms with Gasteiger partial charge in [-0.3, -0.25) is 4.99 Å². The number of aryl methyl sites for hydroxylation is 1. The number of aromatic nitrogens is 1. The first kappa shape index (κ1) is 23.0. The maximum absolute atomic E-state index is 12.2. The fraction of sp³-hybridized carbons (Fsp3) is 0.333. The molecule has 148 valence electrons. The van der Waals surface area contributed by atoms with E-state index in [-0.39, 0.29) is 29.9 Å². The second-order valence-corrected chi connectivity index (χ2v) is 5.67. The Morgan fingerprint density at radius 3 is 2.37 bits per heavy atom. The number of hydrogen-bond acceptors (Lipinski definition) is 3. The molecule has 0 atom stereocenters. The Balaban J connectivity index is 0.00000364. The molecule has 0 bridgehead atoms. The smallest absolute Gasteiger partial charge is 0.422 e. The number of aliphatic imine (C=N–C) groups is 1. The lowest BCUT2D eigenvalue weighted by Crippen LogP contribution is -2.36. The van der Waals surface area contributed by atoms with Crippen LogP contribution in [0.4, 0.5) is 13.2 Å². The Kier molecular flexibility index (Phi) is 9.33. The lowest BCUT2D eigenvalue weighted by molar-refractivity contribution is -0.154. The zero-order chi connectivity index (χ0) is 19.0. The fourth-order valence-electron chi connectivity index (χ4n) is 2.21. The molecule has 2 N–H and O–H groups in total. The van der Waals surface area contributed by atoms with E-state index in [4.69, 9.17) is 0 Å². The number of benzene rings is 1. The molecule has 0 saturated carbocycles. The summed E-state index contributed by atoms with van der Waals surface area (Å²) in [6.45, 7) is 1.64. The Labute approximate surface area is 173 Å². The second-order valence-electron chi connectivity index (χ2n) is 5.67. The predicted molar refractivity (Wildman–Crippen MR) is 109 cm³/mol. The molecule has 9 heteroatoms. The third kappa shape index (κ3) is 8.94. The number of alkyl halides is 3. The van der Waals surface area contributed by atoms with Crippen LogP contribution in [-0.4, -0.2) is 30.8 Å². The highest BCUT2D eigenvalue weighted by atomic mass is 127. The quantitative estimate of drug-likeness (QED) is 0.365. The van der Waals surface area contributed by atoms with Gasteiger partial charge in [-0.05, 0) is 24.1 Å². The van der Waals surface area contributed by atoms with Gasteiger partial charge in [-0.15, -0.1) is 24.0 Å². The number of nitrogens with zero attached hydrogens (tertiary/aromatic N) is 2. The molecular formula is C18H22F3IN4O. The lowest BCUT2D eigenvalue weighted by Gasteiger charge is -2.13. The molecule has 1 heterocycles. The standard InChI is InChI=1S/C18H21F3N4O.HI/c1-13-4-3-5-14(8-13)10-24-17(22-2)25-11-15-6-7-23-16(9-15)26-12-18(19,20)21;/h3-9H,10-12H2,1-2H3,(H2,22,24,25);1H. The lowest BCUT2D eigenvalue weighted by atomic mass is 10.1. The summed E-state index contributed by atoms with van der Waals surface area (Å²) in [6.07, 6.45) is -2.98. The van der Waals surface area contributed by atoms with Crippen LogP contribution < -0.4 is 15.4 Å². The second kappa shape index (κ2) is 11.0. The van der Waals surface area contributed by atoms with Crippen molar-refractivity contribution in [2.45, 2.75) is 26.2 Å². The summed E-state index contributed by atoms with van der Waals surface area (Å²) in [7, 11) is 1.65. The highest BCUT2D eigenvalue weighted by molar-refractivity contribution is 14.0. The molecule has 2 rings (SSSR count). The van der Waals surface area contributed by atoms with Crippen LogP contribution in [0.5, 0.6) is 5.88 Å². The van der Waals surface area contributed by atoms with Crippen LogP contribution in [-0.2, 0) is 13.1 Å². The van der Waals surface area contributed by atoms with Crippen molar-refractivity contribution >= 4 is 29.9 Å². The number of ether oxygens (including phenoxy) is 1. The average molecular weight is 494 g/mol. The van der Waals surface area contributed by atoms with Gasteiger partial charge in [0.15, 0.2) is 12.6 Å². The van der Waals surface area contributed by atoms with Gasteiger partial charge in [0.1, 0.15) is 0 Å². The maximum atomic E-state index is 12.2. The first-order valence-corrected chi connectivity index (χ1v) is 8.00. The highest BCUT2D eigenvalue weighted by Crippen LogP contribution is 2.17. The largest absolute Gasteiger partial charge is 0.468 e. The monoisotopic (exact) mass is 494 g/mol. The minimum absolute atomic E-state index is 0. The summed E-state index contributed by atoms with van der Waals surface area (Å²) in [4.78, 5) is 7.91. The van der Waals surface area contributed by atoms with E-state index in [9.17, 15) is 13.2 Å². The molecule has 0 aliphatic heterocycles. The molecule has 1 aromatic carbocycles. The number of pyridine rings is 1. The zero-order valence-electron chi connectivity index (χ0n) is 15.0. The van der Waals surface area contributed by atoms with Crippen molar-refractivity contribution < 1.29 is 17.9 Å². The van der Waals surface area contributed by atoms with Crippen molar-refractivity contribution in [3.63, 3.8) is 0 Å². The van der Waals surface area contributed by atoms with Gasteiger partial charge < -0.3 is 15.4 Å². The van der Waals surface area contributed by atoms with Gasteiger partial charge in [0.2, 0.25) is 5.88 Å². The van der Waals surface area contributed by atoms with Crippen LogP contribution in [0.1, 0.15) is 16.7 Å². The van der Waals surface area contributed by atoms with Crippen molar-refractivity contribution in [3.8, 4) is 5.88 Å². The van der Waals surface area contributed by atoms with Gasteiger partial charge in [-0.2, -0.15) is 13.2 Å². The van der Waals surface area contributed by atoms with E-state index in [1.54, 1.807) is 13.1 Å².